The molecule has 0 aliphatic rings. The highest BCUT2D eigenvalue weighted by Crippen LogP contribution is 2.13. The molecule has 2 nitrogen and oxygen atoms in total. The molecule has 1 aromatic rings. The zero-order valence-corrected chi connectivity index (χ0v) is 12.0. The molecule has 0 bridgehead atoms. The largest absolute Gasteiger partial charge is 0.326 e. The van der Waals surface area contributed by atoms with Gasteiger partial charge < -0.3 is 5.32 Å². The van der Waals surface area contributed by atoms with E-state index in [1.807, 2.05) is 12.1 Å². The summed E-state index contributed by atoms with van der Waals surface area (Å²) in [5, 5.41) is 4.19. The number of carbonyl (C=O) groups excluding carboxylic acids is 1. The predicted octanol–water partition coefficient (Wildman–Crippen LogP) is 2.49. The summed E-state index contributed by atoms with van der Waals surface area (Å²) in [4.78, 5) is 11.0. The molecule has 88 valence electrons. The Labute approximate surface area is 104 Å². The van der Waals surface area contributed by atoms with Gasteiger partial charge in [0, 0.05) is 12.6 Å². The van der Waals surface area contributed by atoms with Crippen molar-refractivity contribution in [3.05, 3.63) is 24.3 Å². The summed E-state index contributed by atoms with van der Waals surface area (Å²) in [6, 6.07) is 9.33. The molecule has 1 rings (SSSR count). The molecule has 1 amide bonds. The number of rotatable bonds is 4. The SMILES string of the molecule is CC(=O)Nc1cccc([Si](C)(C)CCS)c1. The van der Waals surface area contributed by atoms with E-state index in [1.54, 1.807) is 0 Å². The standard InChI is InChI=1S/C12H19NOSSi/c1-10(14)13-11-5-4-6-12(9-11)16(2,3)8-7-15/h4-6,9,15H,7-8H2,1-3H3,(H,13,14). The van der Waals surface area contributed by atoms with Crippen LogP contribution in [0.2, 0.25) is 19.1 Å². The van der Waals surface area contributed by atoms with Crippen LogP contribution in [0.4, 0.5) is 5.69 Å². The van der Waals surface area contributed by atoms with Crippen molar-refractivity contribution in [3.63, 3.8) is 0 Å². The lowest BCUT2D eigenvalue weighted by Gasteiger charge is -2.22. The second kappa shape index (κ2) is 5.55. The molecule has 1 aromatic carbocycles. The van der Waals surface area contributed by atoms with E-state index in [9.17, 15) is 4.79 Å². The quantitative estimate of drug-likeness (QED) is 0.626. The molecule has 0 radical (unpaired) electrons. The molecule has 0 fully saturated rings. The molecular formula is C12H19NOSSi. The lowest BCUT2D eigenvalue weighted by Crippen LogP contribution is -2.41. The van der Waals surface area contributed by atoms with E-state index < -0.39 is 8.07 Å². The Balaban J connectivity index is 2.93. The molecule has 16 heavy (non-hydrogen) atoms. The molecule has 1 N–H and O–H groups in total. The van der Waals surface area contributed by atoms with Crippen LogP contribution >= 0.6 is 12.6 Å². The van der Waals surface area contributed by atoms with Crippen LogP contribution in [0.1, 0.15) is 6.92 Å². The van der Waals surface area contributed by atoms with Crippen LogP contribution in [0.25, 0.3) is 0 Å². The number of hydrogen-bond acceptors (Lipinski definition) is 2. The average Bonchev–Trinajstić information content (AvgIpc) is 2.17. The van der Waals surface area contributed by atoms with Gasteiger partial charge in [0.05, 0.1) is 8.07 Å². The molecule has 0 spiro atoms. The minimum atomic E-state index is -1.39. The zero-order chi connectivity index (χ0) is 12.2. The van der Waals surface area contributed by atoms with E-state index in [-0.39, 0.29) is 5.91 Å². The molecule has 0 heterocycles. The summed E-state index contributed by atoms with van der Waals surface area (Å²) in [7, 11) is -1.39. The van der Waals surface area contributed by atoms with Crippen molar-refractivity contribution in [2.45, 2.75) is 26.1 Å². The molecule has 0 unspecified atom stereocenters. The molecule has 0 saturated heterocycles. The van der Waals surface area contributed by atoms with Crippen LogP contribution in [-0.4, -0.2) is 19.7 Å². The number of thiol groups is 1. The van der Waals surface area contributed by atoms with E-state index in [2.05, 4.69) is 43.2 Å². The average molecular weight is 253 g/mol. The predicted molar refractivity (Wildman–Crippen MR) is 76.5 cm³/mol. The van der Waals surface area contributed by atoms with Gasteiger partial charge >= 0.3 is 0 Å². The second-order valence-electron chi connectivity index (χ2n) is 4.62. The third-order valence-electron chi connectivity index (χ3n) is 2.70. The zero-order valence-electron chi connectivity index (χ0n) is 10.1. The monoisotopic (exact) mass is 253 g/mol. The highest BCUT2D eigenvalue weighted by Gasteiger charge is 2.22. The van der Waals surface area contributed by atoms with Gasteiger partial charge in [0.2, 0.25) is 5.91 Å². The Morgan fingerprint density at radius 2 is 2.12 bits per heavy atom. The number of benzene rings is 1. The third-order valence-corrected chi connectivity index (χ3v) is 6.72. The van der Waals surface area contributed by atoms with Crippen molar-refractivity contribution >= 4 is 37.5 Å². The molecular weight excluding hydrogens is 234 g/mol. The molecule has 0 atom stereocenters. The number of nitrogens with one attached hydrogen (secondary N) is 1. The fourth-order valence-electron chi connectivity index (χ4n) is 1.65. The van der Waals surface area contributed by atoms with Crippen LogP contribution in [-0.2, 0) is 4.79 Å². The summed E-state index contributed by atoms with van der Waals surface area (Å²) >= 11 is 4.31. The Bertz CT molecular complexity index is 379. The fraction of sp³-hybridized carbons (Fsp3) is 0.417. The van der Waals surface area contributed by atoms with Gasteiger partial charge in [-0.1, -0.05) is 30.4 Å². The van der Waals surface area contributed by atoms with Gasteiger partial charge in [0.25, 0.3) is 0 Å². The summed E-state index contributed by atoms with van der Waals surface area (Å²) in [6.45, 7) is 6.19. The molecule has 0 saturated carbocycles. The highest BCUT2D eigenvalue weighted by atomic mass is 32.1. The van der Waals surface area contributed by atoms with Gasteiger partial charge in [-0.2, -0.15) is 12.6 Å². The minimum Gasteiger partial charge on any atom is -0.326 e. The topological polar surface area (TPSA) is 29.1 Å². The summed E-state index contributed by atoms with van der Waals surface area (Å²) in [5.41, 5.74) is 0.893. The van der Waals surface area contributed by atoms with Gasteiger partial charge in [-0.3, -0.25) is 4.79 Å². The summed E-state index contributed by atoms with van der Waals surface area (Å²) in [5.74, 6) is 0.898. The lowest BCUT2D eigenvalue weighted by molar-refractivity contribution is -0.114. The lowest BCUT2D eigenvalue weighted by atomic mass is 10.3. The molecule has 0 aromatic heterocycles. The van der Waals surface area contributed by atoms with Crippen LogP contribution < -0.4 is 10.5 Å². The summed E-state index contributed by atoms with van der Waals surface area (Å²) in [6.07, 6.45) is 0. The van der Waals surface area contributed by atoms with Gasteiger partial charge in [-0.25, -0.2) is 0 Å². The molecule has 0 aliphatic carbocycles. The Morgan fingerprint density at radius 3 is 2.69 bits per heavy atom. The maximum atomic E-state index is 11.0. The van der Waals surface area contributed by atoms with Crippen molar-refractivity contribution < 1.29 is 4.79 Å². The van der Waals surface area contributed by atoms with Crippen molar-refractivity contribution in [1.29, 1.82) is 0 Å². The number of amides is 1. The van der Waals surface area contributed by atoms with Crippen LogP contribution in [0.15, 0.2) is 24.3 Å². The van der Waals surface area contributed by atoms with Crippen LogP contribution in [0.5, 0.6) is 0 Å². The maximum absolute atomic E-state index is 11.0. The second-order valence-corrected chi connectivity index (χ2v) is 9.91. The molecule has 0 aliphatic heterocycles. The normalized spacial score (nSPS) is 11.2. The van der Waals surface area contributed by atoms with Crippen molar-refractivity contribution in [1.82, 2.24) is 0 Å². The Morgan fingerprint density at radius 1 is 1.44 bits per heavy atom. The van der Waals surface area contributed by atoms with E-state index in [1.165, 1.54) is 12.1 Å². The fourth-order valence-corrected chi connectivity index (χ4v) is 5.26. The van der Waals surface area contributed by atoms with E-state index in [4.69, 9.17) is 0 Å². The van der Waals surface area contributed by atoms with Crippen molar-refractivity contribution in [3.8, 4) is 0 Å². The van der Waals surface area contributed by atoms with Crippen molar-refractivity contribution in [2.24, 2.45) is 0 Å². The first-order valence-electron chi connectivity index (χ1n) is 5.45. The summed E-state index contributed by atoms with van der Waals surface area (Å²) < 4.78 is 0. The molecule has 4 heteroatoms. The van der Waals surface area contributed by atoms with E-state index in [0.29, 0.717) is 0 Å². The van der Waals surface area contributed by atoms with Crippen molar-refractivity contribution in [2.75, 3.05) is 11.1 Å². The van der Waals surface area contributed by atoms with E-state index in [0.717, 1.165) is 17.5 Å². The first kappa shape index (κ1) is 13.3. The number of carbonyl (C=O) groups is 1. The van der Waals surface area contributed by atoms with Gasteiger partial charge in [0.1, 0.15) is 0 Å². The highest BCUT2D eigenvalue weighted by molar-refractivity contribution is 7.80. The van der Waals surface area contributed by atoms with Gasteiger partial charge in [-0.15, -0.1) is 0 Å². The van der Waals surface area contributed by atoms with Gasteiger partial charge in [-0.05, 0) is 23.9 Å². The minimum absolute atomic E-state index is 0.0224. The first-order valence-corrected chi connectivity index (χ1v) is 9.28. The van der Waals surface area contributed by atoms with Crippen LogP contribution in [0.3, 0.4) is 0 Å². The van der Waals surface area contributed by atoms with E-state index >= 15 is 0 Å². The Kier molecular flexibility index (Phi) is 4.62. The first-order chi connectivity index (χ1) is 7.45. The number of hydrogen-bond donors (Lipinski definition) is 2. The van der Waals surface area contributed by atoms with Crippen LogP contribution in [0, 0.1) is 0 Å². The Hall–Kier alpha value is -0.743. The number of anilines is 1. The smallest absolute Gasteiger partial charge is 0.221 e. The maximum Gasteiger partial charge on any atom is 0.221 e. The van der Waals surface area contributed by atoms with Gasteiger partial charge in [0.15, 0.2) is 0 Å². The third kappa shape index (κ3) is 3.68.